The monoisotopic (exact) mass is 370 g/mol. The lowest BCUT2D eigenvalue weighted by Gasteiger charge is -2.16. The number of amides is 2. The molecule has 0 unspecified atom stereocenters. The number of hydrogen-bond donors (Lipinski definition) is 2. The van der Waals surface area contributed by atoms with Crippen LogP contribution in [-0.2, 0) is 9.59 Å². The van der Waals surface area contributed by atoms with Gasteiger partial charge in [0.2, 0.25) is 11.8 Å². The van der Waals surface area contributed by atoms with E-state index in [9.17, 15) is 9.59 Å². The number of thioether (sulfide) groups is 1. The van der Waals surface area contributed by atoms with E-state index in [0.717, 1.165) is 28.1 Å². The highest BCUT2D eigenvalue weighted by molar-refractivity contribution is 8.00. The van der Waals surface area contributed by atoms with Crippen molar-refractivity contribution in [2.24, 2.45) is 0 Å². The Morgan fingerprint density at radius 2 is 1.54 bits per heavy atom. The average molecular weight is 371 g/mol. The molecule has 5 heteroatoms. The minimum atomic E-state index is -0.106. The van der Waals surface area contributed by atoms with Crippen molar-refractivity contribution in [3.63, 3.8) is 0 Å². The van der Waals surface area contributed by atoms with E-state index < -0.39 is 0 Å². The first-order valence-electron chi connectivity index (χ1n) is 8.70. The molecule has 0 radical (unpaired) electrons. The first-order chi connectivity index (χ1) is 12.4. The Morgan fingerprint density at radius 3 is 2.15 bits per heavy atom. The molecule has 4 nitrogen and oxygen atoms in total. The molecule has 0 aliphatic rings. The van der Waals surface area contributed by atoms with Crippen LogP contribution in [0.3, 0.4) is 0 Å². The second kappa shape index (κ2) is 9.43. The van der Waals surface area contributed by atoms with Crippen molar-refractivity contribution in [1.29, 1.82) is 0 Å². The molecule has 0 bridgehead atoms. The predicted molar refractivity (Wildman–Crippen MR) is 111 cm³/mol. The molecule has 0 aromatic heterocycles. The van der Waals surface area contributed by atoms with Gasteiger partial charge >= 0.3 is 0 Å². The molecular weight excluding hydrogens is 344 g/mol. The molecule has 0 heterocycles. The highest BCUT2D eigenvalue weighted by Crippen LogP contribution is 2.27. The number of anilines is 2. The van der Waals surface area contributed by atoms with E-state index in [1.165, 1.54) is 11.8 Å². The Labute approximate surface area is 159 Å². The molecular formula is C21H26N2O2S. The lowest BCUT2D eigenvalue weighted by molar-refractivity contribution is -0.114. The zero-order valence-corrected chi connectivity index (χ0v) is 16.6. The lowest BCUT2D eigenvalue weighted by atomic mass is 9.98. The SMILES string of the molecule is Cc1ccc(NC(=O)CSCC(=O)Nc2c(C)cccc2C(C)C)cc1. The van der Waals surface area contributed by atoms with Gasteiger partial charge in [-0.3, -0.25) is 9.59 Å². The number of aryl methyl sites for hydroxylation is 2. The van der Waals surface area contributed by atoms with Gasteiger partial charge in [-0.25, -0.2) is 0 Å². The highest BCUT2D eigenvalue weighted by atomic mass is 32.2. The zero-order valence-electron chi connectivity index (χ0n) is 15.8. The summed E-state index contributed by atoms with van der Waals surface area (Å²) in [6, 6.07) is 13.7. The first kappa shape index (κ1) is 20.0. The largest absolute Gasteiger partial charge is 0.325 e. The fourth-order valence-corrected chi connectivity index (χ4v) is 3.21. The van der Waals surface area contributed by atoms with Crippen LogP contribution in [0.1, 0.15) is 36.5 Å². The van der Waals surface area contributed by atoms with Gasteiger partial charge in [0.15, 0.2) is 0 Å². The van der Waals surface area contributed by atoms with Crippen LogP contribution in [0.4, 0.5) is 11.4 Å². The van der Waals surface area contributed by atoms with E-state index in [1.54, 1.807) is 0 Å². The van der Waals surface area contributed by atoms with Gasteiger partial charge in [-0.2, -0.15) is 0 Å². The number of para-hydroxylation sites is 1. The predicted octanol–water partition coefficient (Wildman–Crippen LogP) is 4.74. The molecule has 0 saturated heterocycles. The van der Waals surface area contributed by atoms with Crippen molar-refractivity contribution >= 4 is 35.0 Å². The number of nitrogens with one attached hydrogen (secondary N) is 2. The number of rotatable bonds is 7. The number of carbonyl (C=O) groups excluding carboxylic acids is 2. The molecule has 2 aromatic carbocycles. The Kier molecular flexibility index (Phi) is 7.27. The van der Waals surface area contributed by atoms with E-state index in [2.05, 4.69) is 24.5 Å². The van der Waals surface area contributed by atoms with Crippen molar-refractivity contribution in [2.75, 3.05) is 22.1 Å². The summed E-state index contributed by atoms with van der Waals surface area (Å²) in [5, 5.41) is 5.83. The molecule has 0 aliphatic carbocycles. The summed E-state index contributed by atoms with van der Waals surface area (Å²) >= 11 is 1.31. The molecule has 0 fully saturated rings. The third kappa shape index (κ3) is 5.92. The summed E-state index contributed by atoms with van der Waals surface area (Å²) in [5.41, 5.74) is 4.97. The van der Waals surface area contributed by atoms with E-state index in [1.807, 2.05) is 56.3 Å². The van der Waals surface area contributed by atoms with Gasteiger partial charge < -0.3 is 10.6 Å². The van der Waals surface area contributed by atoms with E-state index in [-0.39, 0.29) is 23.3 Å². The summed E-state index contributed by atoms with van der Waals surface area (Å²) < 4.78 is 0. The molecule has 2 rings (SSSR count). The summed E-state index contributed by atoms with van der Waals surface area (Å²) in [6.07, 6.45) is 0. The molecule has 2 amide bonds. The molecule has 0 saturated carbocycles. The molecule has 2 aromatic rings. The van der Waals surface area contributed by atoms with E-state index >= 15 is 0 Å². The van der Waals surface area contributed by atoms with Crippen LogP contribution in [0.5, 0.6) is 0 Å². The normalized spacial score (nSPS) is 10.7. The zero-order chi connectivity index (χ0) is 19.1. The smallest absolute Gasteiger partial charge is 0.234 e. The maximum absolute atomic E-state index is 12.3. The second-order valence-corrected chi connectivity index (χ2v) is 7.63. The summed E-state index contributed by atoms with van der Waals surface area (Å²) in [5.74, 6) is 0.622. The van der Waals surface area contributed by atoms with Crippen LogP contribution in [0.2, 0.25) is 0 Å². The molecule has 0 atom stereocenters. The third-order valence-electron chi connectivity index (χ3n) is 3.99. The lowest BCUT2D eigenvalue weighted by Crippen LogP contribution is -2.19. The fraction of sp³-hybridized carbons (Fsp3) is 0.333. The molecule has 0 spiro atoms. The van der Waals surface area contributed by atoms with Gasteiger partial charge in [-0.05, 0) is 43.0 Å². The van der Waals surface area contributed by atoms with Crippen LogP contribution in [0.25, 0.3) is 0 Å². The highest BCUT2D eigenvalue weighted by Gasteiger charge is 2.12. The Balaban J connectivity index is 1.82. The Hall–Kier alpha value is -2.27. The minimum absolute atomic E-state index is 0.0886. The molecule has 138 valence electrons. The molecule has 0 aliphatic heterocycles. The van der Waals surface area contributed by atoms with E-state index in [4.69, 9.17) is 0 Å². The van der Waals surface area contributed by atoms with Gasteiger partial charge in [0.25, 0.3) is 0 Å². The number of hydrogen-bond acceptors (Lipinski definition) is 3. The van der Waals surface area contributed by atoms with Crippen LogP contribution in [0, 0.1) is 13.8 Å². The van der Waals surface area contributed by atoms with Crippen LogP contribution in [0.15, 0.2) is 42.5 Å². The maximum Gasteiger partial charge on any atom is 0.234 e. The van der Waals surface area contributed by atoms with Crippen molar-refractivity contribution in [3.8, 4) is 0 Å². The number of benzene rings is 2. The first-order valence-corrected chi connectivity index (χ1v) is 9.86. The van der Waals surface area contributed by atoms with Crippen LogP contribution >= 0.6 is 11.8 Å². The Morgan fingerprint density at radius 1 is 0.923 bits per heavy atom. The van der Waals surface area contributed by atoms with Crippen molar-refractivity contribution in [2.45, 2.75) is 33.6 Å². The van der Waals surface area contributed by atoms with Gasteiger partial charge in [-0.15, -0.1) is 11.8 Å². The van der Waals surface area contributed by atoms with Gasteiger partial charge in [0, 0.05) is 11.4 Å². The van der Waals surface area contributed by atoms with Gasteiger partial charge in [0.1, 0.15) is 0 Å². The molecule has 2 N–H and O–H groups in total. The molecule has 26 heavy (non-hydrogen) atoms. The standard InChI is InChI=1S/C21H26N2O2S/c1-14(2)18-7-5-6-16(4)21(18)23-20(25)13-26-12-19(24)22-17-10-8-15(3)9-11-17/h5-11,14H,12-13H2,1-4H3,(H,22,24)(H,23,25). The summed E-state index contributed by atoms with van der Waals surface area (Å²) in [4.78, 5) is 24.2. The van der Waals surface area contributed by atoms with Gasteiger partial charge in [0.05, 0.1) is 11.5 Å². The number of carbonyl (C=O) groups is 2. The summed E-state index contributed by atoms with van der Waals surface area (Å²) in [6.45, 7) is 8.20. The van der Waals surface area contributed by atoms with Crippen molar-refractivity contribution in [3.05, 3.63) is 59.2 Å². The third-order valence-corrected chi connectivity index (χ3v) is 4.93. The summed E-state index contributed by atoms with van der Waals surface area (Å²) in [7, 11) is 0. The fourth-order valence-electron chi connectivity index (χ4n) is 2.59. The second-order valence-electron chi connectivity index (χ2n) is 6.65. The maximum atomic E-state index is 12.3. The van der Waals surface area contributed by atoms with Gasteiger partial charge in [-0.1, -0.05) is 49.7 Å². The van der Waals surface area contributed by atoms with Crippen molar-refractivity contribution in [1.82, 2.24) is 0 Å². The minimum Gasteiger partial charge on any atom is -0.325 e. The van der Waals surface area contributed by atoms with E-state index in [0.29, 0.717) is 5.92 Å². The topological polar surface area (TPSA) is 58.2 Å². The van der Waals surface area contributed by atoms with Crippen LogP contribution < -0.4 is 10.6 Å². The van der Waals surface area contributed by atoms with Crippen LogP contribution in [-0.4, -0.2) is 23.3 Å². The Bertz CT molecular complexity index is 770. The van der Waals surface area contributed by atoms with Crippen molar-refractivity contribution < 1.29 is 9.59 Å². The quantitative estimate of drug-likeness (QED) is 0.740. The average Bonchev–Trinajstić information content (AvgIpc) is 2.58.